The minimum absolute atomic E-state index is 0.0855. The molecule has 1 N–H and O–H groups in total. The molecule has 0 aliphatic rings. The van der Waals surface area contributed by atoms with E-state index in [0.717, 1.165) is 5.56 Å². The molecule has 0 fully saturated rings. The zero-order chi connectivity index (χ0) is 23.5. The topological polar surface area (TPSA) is 56.7 Å². The smallest absolute Gasteiger partial charge is 0.482 e. The summed E-state index contributed by atoms with van der Waals surface area (Å²) in [5.41, 5.74) is 1.34. The molecule has 4 nitrogen and oxygen atoms in total. The van der Waals surface area contributed by atoms with E-state index in [1.165, 1.54) is 6.07 Å². The maximum absolute atomic E-state index is 13.1. The van der Waals surface area contributed by atoms with E-state index in [2.05, 4.69) is 4.40 Å². The van der Waals surface area contributed by atoms with Crippen molar-refractivity contribution in [3.63, 3.8) is 0 Å². The van der Waals surface area contributed by atoms with Crippen LogP contribution in [0, 0.1) is 0 Å². The summed E-state index contributed by atoms with van der Waals surface area (Å²) >= 11 is -1.36. The van der Waals surface area contributed by atoms with E-state index in [1.54, 1.807) is 24.4 Å². The van der Waals surface area contributed by atoms with Crippen molar-refractivity contribution in [1.29, 1.82) is 0 Å². The van der Waals surface area contributed by atoms with E-state index >= 15 is 0 Å². The third-order valence-corrected chi connectivity index (χ3v) is 10.9. The number of aryl methyl sites for hydroxylation is 1. The van der Waals surface area contributed by atoms with Gasteiger partial charge in [-0.05, 0) is 76.4 Å². The lowest BCUT2D eigenvalue weighted by molar-refractivity contribution is -0.100. The molecule has 0 heterocycles. The van der Waals surface area contributed by atoms with Crippen molar-refractivity contribution >= 4 is 31.1 Å². The van der Waals surface area contributed by atoms with Gasteiger partial charge < -0.3 is 8.98 Å². The Kier molecular flexibility index (Phi) is 8.52. The number of hydrogen-bond donors (Lipinski definition) is 1. The highest BCUT2D eigenvalue weighted by atomic mass is 32.2. The quantitative estimate of drug-likeness (QED) is 0.208. The van der Waals surface area contributed by atoms with Crippen LogP contribution in [0.4, 0.5) is 18.9 Å². The fourth-order valence-electron chi connectivity index (χ4n) is 2.15. The molecule has 1 aromatic rings. The highest BCUT2D eigenvalue weighted by Gasteiger charge is 2.40. The molecule has 0 aliphatic carbocycles. The van der Waals surface area contributed by atoms with Crippen LogP contribution in [-0.4, -0.2) is 29.6 Å². The molecule has 0 saturated carbocycles. The normalized spacial score (nSPS) is 15.2. The highest BCUT2D eigenvalue weighted by Crippen LogP contribution is 2.40. The number of nitrogens with zero attached hydrogens (tertiary/aromatic N) is 1. The van der Waals surface area contributed by atoms with E-state index in [1.807, 2.05) is 54.6 Å². The van der Waals surface area contributed by atoms with Gasteiger partial charge in [0.2, 0.25) is 0 Å². The first-order valence-electron chi connectivity index (χ1n) is 9.95. The molecule has 0 radical (unpaired) electrons. The number of halogens is 3. The van der Waals surface area contributed by atoms with E-state index in [-0.39, 0.29) is 16.5 Å². The van der Waals surface area contributed by atoms with Gasteiger partial charge in [0.15, 0.2) is 0 Å². The van der Waals surface area contributed by atoms with Gasteiger partial charge in [0.1, 0.15) is 21.9 Å². The molecular formula is C21H35F3N2O2SSi. The minimum atomic E-state index is -4.56. The van der Waals surface area contributed by atoms with Crippen molar-refractivity contribution < 1.29 is 22.2 Å². The lowest BCUT2D eigenvalue weighted by Gasteiger charge is -2.37. The molecule has 0 bridgehead atoms. The summed E-state index contributed by atoms with van der Waals surface area (Å²) in [5, 5.41) is 1.48. The molecule has 30 heavy (non-hydrogen) atoms. The summed E-state index contributed by atoms with van der Waals surface area (Å²) in [6, 6.07) is 4.85. The third kappa shape index (κ3) is 8.51. The van der Waals surface area contributed by atoms with Gasteiger partial charge in [0.05, 0.1) is 11.4 Å². The first-order chi connectivity index (χ1) is 13.3. The summed E-state index contributed by atoms with van der Waals surface area (Å²) < 4.78 is 61.3. The van der Waals surface area contributed by atoms with E-state index in [0.29, 0.717) is 18.6 Å². The SMILES string of the molecule is C/C(CCc1ccc(O[Si](C)(C)C(C)(C)C)c(NC(F)(F)F)c1)=N\[S@+]([O-])C(C)(C)C. The zero-order valence-electron chi connectivity index (χ0n) is 19.5. The van der Waals surface area contributed by atoms with Gasteiger partial charge in [-0.2, -0.15) is 13.2 Å². The summed E-state index contributed by atoms with van der Waals surface area (Å²) in [4.78, 5) is 0. The maximum atomic E-state index is 13.1. The van der Waals surface area contributed by atoms with Gasteiger partial charge in [0, 0.05) is 0 Å². The molecule has 0 aliphatic heterocycles. The molecule has 0 aromatic heterocycles. The van der Waals surface area contributed by atoms with Crippen molar-refractivity contribution in [1.82, 2.24) is 0 Å². The van der Waals surface area contributed by atoms with Crippen molar-refractivity contribution in [2.75, 3.05) is 5.32 Å². The molecule has 1 atom stereocenters. The van der Waals surface area contributed by atoms with Crippen molar-refractivity contribution in [2.45, 2.75) is 90.5 Å². The minimum Gasteiger partial charge on any atom is -0.591 e. The lowest BCUT2D eigenvalue weighted by atomic mass is 10.1. The fraction of sp³-hybridized carbons (Fsp3) is 0.667. The zero-order valence-corrected chi connectivity index (χ0v) is 21.3. The summed E-state index contributed by atoms with van der Waals surface area (Å²) in [7, 11) is -2.30. The summed E-state index contributed by atoms with van der Waals surface area (Å²) in [6.45, 7) is 17.4. The molecule has 172 valence electrons. The predicted molar refractivity (Wildman–Crippen MR) is 123 cm³/mol. The van der Waals surface area contributed by atoms with Gasteiger partial charge in [-0.1, -0.05) is 31.2 Å². The average molecular weight is 465 g/mol. The first-order valence-corrected chi connectivity index (χ1v) is 14.0. The van der Waals surface area contributed by atoms with Crippen molar-refractivity contribution in [3.8, 4) is 5.75 Å². The monoisotopic (exact) mass is 464 g/mol. The summed E-state index contributed by atoms with van der Waals surface area (Å²) in [6.07, 6.45) is -3.57. The second-order valence-electron chi connectivity index (χ2n) is 10.0. The number of anilines is 1. The number of alkyl halides is 3. The molecule has 1 aromatic carbocycles. The van der Waals surface area contributed by atoms with Gasteiger partial charge in [-0.3, -0.25) is 5.32 Å². The number of rotatable bonds is 7. The Hall–Kier alpha value is -1.19. The standard InChI is InChI=1S/C21H35F3N2O2SSi/c1-15(26-29(27)19(2,3)4)10-11-16-12-13-18(17(14-16)25-21(22,23)24)28-30(8,9)20(5,6)7/h12-14,25H,10-11H2,1-9H3/b26-15+/t29-/m1/s1. The second-order valence-corrected chi connectivity index (χ2v) is 16.6. The van der Waals surface area contributed by atoms with Gasteiger partial charge in [-0.15, -0.1) is 0 Å². The Balaban J connectivity index is 3.09. The van der Waals surface area contributed by atoms with Crippen molar-refractivity contribution in [3.05, 3.63) is 23.8 Å². The Morgan fingerprint density at radius 1 is 1.13 bits per heavy atom. The van der Waals surface area contributed by atoms with Crippen LogP contribution in [0.15, 0.2) is 22.6 Å². The molecule has 0 saturated heterocycles. The van der Waals surface area contributed by atoms with Gasteiger partial charge in [0.25, 0.3) is 8.32 Å². The Bertz CT molecular complexity index is 754. The van der Waals surface area contributed by atoms with Crippen LogP contribution < -0.4 is 9.74 Å². The molecule has 0 amide bonds. The average Bonchev–Trinajstić information content (AvgIpc) is 2.51. The fourth-order valence-corrected chi connectivity index (χ4v) is 3.83. The number of benzene rings is 1. The number of hydrogen-bond acceptors (Lipinski definition) is 4. The summed E-state index contributed by atoms with van der Waals surface area (Å²) in [5.74, 6) is 0.210. The highest BCUT2D eigenvalue weighted by molar-refractivity contribution is 7.91. The van der Waals surface area contributed by atoms with Crippen LogP contribution in [0.1, 0.15) is 60.5 Å². The lowest BCUT2D eigenvalue weighted by Crippen LogP contribution is -2.44. The number of nitrogens with one attached hydrogen (secondary N) is 1. The van der Waals surface area contributed by atoms with Crippen LogP contribution >= 0.6 is 0 Å². The first kappa shape index (κ1) is 26.8. The second kappa shape index (κ2) is 9.52. The van der Waals surface area contributed by atoms with Crippen LogP contribution in [0.3, 0.4) is 0 Å². The molecular weight excluding hydrogens is 429 g/mol. The van der Waals surface area contributed by atoms with E-state index < -0.39 is 30.7 Å². The Labute approximate surface area is 183 Å². The molecule has 1 rings (SSSR count). The molecule has 0 spiro atoms. The molecule has 0 unspecified atom stereocenters. The predicted octanol–water partition coefficient (Wildman–Crippen LogP) is 6.86. The van der Waals surface area contributed by atoms with Crippen LogP contribution in [-0.2, 0) is 17.8 Å². The van der Waals surface area contributed by atoms with E-state index in [9.17, 15) is 17.7 Å². The Morgan fingerprint density at radius 3 is 2.17 bits per heavy atom. The van der Waals surface area contributed by atoms with Crippen LogP contribution in [0.2, 0.25) is 18.1 Å². The van der Waals surface area contributed by atoms with Crippen LogP contribution in [0.25, 0.3) is 0 Å². The van der Waals surface area contributed by atoms with Gasteiger partial charge >= 0.3 is 6.30 Å². The van der Waals surface area contributed by atoms with Crippen LogP contribution in [0.5, 0.6) is 5.75 Å². The van der Waals surface area contributed by atoms with E-state index in [4.69, 9.17) is 4.43 Å². The third-order valence-electron chi connectivity index (χ3n) is 5.03. The van der Waals surface area contributed by atoms with Crippen molar-refractivity contribution in [2.24, 2.45) is 4.40 Å². The molecule has 9 heteroatoms. The Morgan fingerprint density at radius 2 is 1.70 bits per heavy atom. The maximum Gasteiger partial charge on any atom is 0.482 e. The largest absolute Gasteiger partial charge is 0.591 e. The van der Waals surface area contributed by atoms with Gasteiger partial charge in [-0.25, -0.2) is 0 Å².